The zero-order valence-corrected chi connectivity index (χ0v) is 9.53. The van der Waals surface area contributed by atoms with Crippen LogP contribution in [-0.2, 0) is 4.74 Å². The lowest BCUT2D eigenvalue weighted by Crippen LogP contribution is -2.37. The summed E-state index contributed by atoms with van der Waals surface area (Å²) in [5.74, 6) is 1.94. The summed E-state index contributed by atoms with van der Waals surface area (Å²) in [5, 5.41) is 0. The van der Waals surface area contributed by atoms with Crippen LogP contribution < -0.4 is 15.8 Å². The SMILES string of the molecule is CNNc1nc(C)nc(N2CCOCC2)n1. The van der Waals surface area contributed by atoms with Crippen LogP contribution in [0, 0.1) is 6.92 Å². The molecule has 7 heteroatoms. The van der Waals surface area contributed by atoms with Gasteiger partial charge in [-0.05, 0) is 6.92 Å². The molecule has 0 aromatic carbocycles. The number of aryl methyl sites for hydroxylation is 1. The summed E-state index contributed by atoms with van der Waals surface area (Å²) in [7, 11) is 1.77. The van der Waals surface area contributed by atoms with E-state index >= 15 is 0 Å². The first kappa shape index (κ1) is 11.0. The molecule has 2 N–H and O–H groups in total. The topological polar surface area (TPSA) is 75.2 Å². The summed E-state index contributed by atoms with van der Waals surface area (Å²) in [4.78, 5) is 14.9. The summed E-state index contributed by atoms with van der Waals surface area (Å²) in [6.07, 6.45) is 0. The average molecular weight is 224 g/mol. The van der Waals surface area contributed by atoms with E-state index in [1.807, 2.05) is 6.92 Å². The zero-order chi connectivity index (χ0) is 11.4. The van der Waals surface area contributed by atoms with Crippen molar-refractivity contribution in [1.82, 2.24) is 20.4 Å². The molecule has 2 rings (SSSR count). The van der Waals surface area contributed by atoms with Crippen LogP contribution in [0.4, 0.5) is 11.9 Å². The van der Waals surface area contributed by atoms with E-state index in [-0.39, 0.29) is 0 Å². The Hall–Kier alpha value is -1.47. The summed E-state index contributed by atoms with van der Waals surface area (Å²) in [6.45, 7) is 4.94. The molecule has 0 spiro atoms. The van der Waals surface area contributed by atoms with E-state index in [1.54, 1.807) is 7.05 Å². The lowest BCUT2D eigenvalue weighted by Gasteiger charge is -2.26. The monoisotopic (exact) mass is 224 g/mol. The maximum absolute atomic E-state index is 5.29. The quantitative estimate of drug-likeness (QED) is 0.674. The second-order valence-electron chi connectivity index (χ2n) is 3.48. The minimum absolute atomic E-state index is 0.538. The Morgan fingerprint density at radius 1 is 1.19 bits per heavy atom. The molecule has 1 aromatic heterocycles. The van der Waals surface area contributed by atoms with Crippen LogP contribution >= 0.6 is 0 Å². The fourth-order valence-corrected chi connectivity index (χ4v) is 1.54. The van der Waals surface area contributed by atoms with Crippen LogP contribution in [0.5, 0.6) is 0 Å². The van der Waals surface area contributed by atoms with Crippen molar-refractivity contribution < 1.29 is 4.74 Å². The molecule has 2 heterocycles. The van der Waals surface area contributed by atoms with Crippen molar-refractivity contribution in [3.8, 4) is 0 Å². The first-order valence-electron chi connectivity index (χ1n) is 5.28. The van der Waals surface area contributed by atoms with Gasteiger partial charge in [-0.2, -0.15) is 15.0 Å². The van der Waals surface area contributed by atoms with Gasteiger partial charge in [0.2, 0.25) is 11.9 Å². The Bertz CT molecular complexity index is 352. The number of hydrazine groups is 1. The third-order valence-electron chi connectivity index (χ3n) is 2.27. The molecular formula is C9H16N6O. The standard InChI is InChI=1S/C9H16N6O/c1-7-11-8(14-10-2)13-9(12-7)15-3-5-16-6-4-15/h10H,3-6H2,1-2H3,(H,11,12,13,14). The van der Waals surface area contributed by atoms with E-state index in [9.17, 15) is 0 Å². The van der Waals surface area contributed by atoms with Crippen LogP contribution in [0.2, 0.25) is 0 Å². The number of rotatable bonds is 3. The van der Waals surface area contributed by atoms with Gasteiger partial charge in [-0.15, -0.1) is 0 Å². The van der Waals surface area contributed by atoms with Crippen LogP contribution in [0.1, 0.15) is 5.82 Å². The van der Waals surface area contributed by atoms with Gasteiger partial charge in [0, 0.05) is 20.1 Å². The number of nitrogens with one attached hydrogen (secondary N) is 2. The number of morpholine rings is 1. The van der Waals surface area contributed by atoms with E-state index in [0.717, 1.165) is 26.3 Å². The van der Waals surface area contributed by atoms with Gasteiger partial charge in [0.1, 0.15) is 5.82 Å². The second-order valence-corrected chi connectivity index (χ2v) is 3.48. The van der Waals surface area contributed by atoms with Gasteiger partial charge in [0.25, 0.3) is 0 Å². The molecule has 1 fully saturated rings. The Labute approximate surface area is 94.2 Å². The predicted octanol–water partition coefficient (Wildman–Crippen LogP) is -0.437. The van der Waals surface area contributed by atoms with Crippen molar-refractivity contribution in [2.24, 2.45) is 0 Å². The fourth-order valence-electron chi connectivity index (χ4n) is 1.54. The minimum Gasteiger partial charge on any atom is -0.378 e. The molecule has 1 saturated heterocycles. The fraction of sp³-hybridized carbons (Fsp3) is 0.667. The molecule has 0 saturated carbocycles. The number of hydrogen-bond donors (Lipinski definition) is 2. The molecule has 1 aromatic rings. The summed E-state index contributed by atoms with van der Waals surface area (Å²) >= 11 is 0. The molecule has 1 aliphatic heterocycles. The van der Waals surface area contributed by atoms with Crippen LogP contribution in [0.15, 0.2) is 0 Å². The van der Waals surface area contributed by atoms with Crippen molar-refractivity contribution in [3.63, 3.8) is 0 Å². The zero-order valence-electron chi connectivity index (χ0n) is 9.53. The minimum atomic E-state index is 0.538. The van der Waals surface area contributed by atoms with Gasteiger partial charge in [0.05, 0.1) is 13.2 Å². The molecule has 0 amide bonds. The largest absolute Gasteiger partial charge is 0.378 e. The van der Waals surface area contributed by atoms with Gasteiger partial charge in [0.15, 0.2) is 0 Å². The first-order valence-corrected chi connectivity index (χ1v) is 5.28. The van der Waals surface area contributed by atoms with Crippen LogP contribution in [0.25, 0.3) is 0 Å². The molecule has 88 valence electrons. The van der Waals surface area contributed by atoms with E-state index in [2.05, 4.69) is 30.7 Å². The normalized spacial score (nSPS) is 16.2. The third kappa shape index (κ3) is 2.56. The van der Waals surface area contributed by atoms with Crippen molar-refractivity contribution in [3.05, 3.63) is 5.82 Å². The Kier molecular flexibility index (Phi) is 3.47. The first-order chi connectivity index (χ1) is 7.79. The van der Waals surface area contributed by atoms with E-state index in [4.69, 9.17) is 4.74 Å². The predicted molar refractivity (Wildman–Crippen MR) is 60.3 cm³/mol. The van der Waals surface area contributed by atoms with Gasteiger partial charge >= 0.3 is 0 Å². The Balaban J connectivity index is 2.18. The molecule has 1 aliphatic rings. The molecule has 0 atom stereocenters. The van der Waals surface area contributed by atoms with Gasteiger partial charge < -0.3 is 9.64 Å². The van der Waals surface area contributed by atoms with Crippen molar-refractivity contribution in [1.29, 1.82) is 0 Å². The highest BCUT2D eigenvalue weighted by atomic mass is 16.5. The highest BCUT2D eigenvalue weighted by Gasteiger charge is 2.15. The molecule has 0 radical (unpaired) electrons. The number of hydrogen-bond acceptors (Lipinski definition) is 7. The number of aromatic nitrogens is 3. The smallest absolute Gasteiger partial charge is 0.242 e. The van der Waals surface area contributed by atoms with Gasteiger partial charge in [-0.25, -0.2) is 5.43 Å². The molecule has 16 heavy (non-hydrogen) atoms. The van der Waals surface area contributed by atoms with Gasteiger partial charge in [-0.1, -0.05) is 0 Å². The molecular weight excluding hydrogens is 208 g/mol. The van der Waals surface area contributed by atoms with Crippen molar-refractivity contribution in [2.45, 2.75) is 6.92 Å². The average Bonchev–Trinajstić information content (AvgIpc) is 2.30. The highest BCUT2D eigenvalue weighted by Crippen LogP contribution is 2.11. The lowest BCUT2D eigenvalue weighted by molar-refractivity contribution is 0.122. The van der Waals surface area contributed by atoms with Gasteiger partial charge in [-0.3, -0.25) is 5.43 Å². The van der Waals surface area contributed by atoms with Crippen LogP contribution in [0.3, 0.4) is 0 Å². The molecule has 0 aliphatic carbocycles. The van der Waals surface area contributed by atoms with Crippen LogP contribution in [-0.4, -0.2) is 48.3 Å². The van der Waals surface area contributed by atoms with E-state index < -0.39 is 0 Å². The highest BCUT2D eigenvalue weighted by molar-refractivity contribution is 5.36. The number of nitrogens with zero attached hydrogens (tertiary/aromatic N) is 4. The summed E-state index contributed by atoms with van der Waals surface area (Å²) in [6, 6.07) is 0. The maximum atomic E-state index is 5.29. The molecule has 0 bridgehead atoms. The van der Waals surface area contributed by atoms with Crippen molar-refractivity contribution in [2.75, 3.05) is 43.7 Å². The summed E-state index contributed by atoms with van der Waals surface area (Å²) < 4.78 is 5.29. The van der Waals surface area contributed by atoms with E-state index in [1.165, 1.54) is 0 Å². The lowest BCUT2D eigenvalue weighted by atomic mass is 10.4. The van der Waals surface area contributed by atoms with Crippen molar-refractivity contribution >= 4 is 11.9 Å². The summed E-state index contributed by atoms with van der Waals surface area (Å²) in [5.41, 5.74) is 5.65. The Morgan fingerprint density at radius 2 is 1.94 bits per heavy atom. The number of ether oxygens (including phenoxy) is 1. The molecule has 7 nitrogen and oxygen atoms in total. The van der Waals surface area contributed by atoms with E-state index in [0.29, 0.717) is 17.7 Å². The molecule has 0 unspecified atom stereocenters. The second kappa shape index (κ2) is 5.04. The third-order valence-corrected chi connectivity index (χ3v) is 2.27. The Morgan fingerprint density at radius 3 is 2.62 bits per heavy atom. The number of anilines is 2. The maximum Gasteiger partial charge on any atom is 0.242 e.